The minimum atomic E-state index is 0.165. The van der Waals surface area contributed by atoms with Gasteiger partial charge in [0.25, 0.3) is 0 Å². The van der Waals surface area contributed by atoms with Gasteiger partial charge >= 0.3 is 0 Å². The number of aryl methyl sites for hydroxylation is 3. The third kappa shape index (κ3) is 3.49. The van der Waals surface area contributed by atoms with Crippen molar-refractivity contribution in [2.45, 2.75) is 38.6 Å². The maximum absolute atomic E-state index is 12.3. The number of thiophene rings is 2. The molecule has 0 saturated carbocycles. The molecule has 3 aromatic heterocycles. The van der Waals surface area contributed by atoms with Gasteiger partial charge in [0.1, 0.15) is 15.7 Å². The highest BCUT2D eigenvalue weighted by molar-refractivity contribution is 8.00. The number of fused-ring (bicyclic) bond motifs is 1. The first-order valence-electron chi connectivity index (χ1n) is 7.56. The lowest BCUT2D eigenvalue weighted by Crippen LogP contribution is -2.02. The normalized spacial score (nSPS) is 11.3. The average molecular weight is 363 g/mol. The van der Waals surface area contributed by atoms with Crippen LogP contribution >= 0.6 is 34.4 Å². The summed E-state index contributed by atoms with van der Waals surface area (Å²) >= 11 is 4.75. The molecule has 0 aromatic carbocycles. The summed E-state index contributed by atoms with van der Waals surface area (Å²) in [7, 11) is 0. The lowest BCUT2D eigenvalue weighted by atomic mass is 10.2. The fraction of sp³-hybridized carbons (Fsp3) is 0.353. The van der Waals surface area contributed by atoms with Crippen LogP contribution < -0.4 is 0 Å². The van der Waals surface area contributed by atoms with Gasteiger partial charge in [0, 0.05) is 16.7 Å². The Hall–Kier alpha value is -1.24. The predicted octanol–water partition coefficient (Wildman–Crippen LogP) is 5.30. The first-order chi connectivity index (χ1) is 11.1. The first-order valence-corrected chi connectivity index (χ1v) is 10.2. The van der Waals surface area contributed by atoms with E-state index in [4.69, 9.17) is 9.97 Å². The summed E-state index contributed by atoms with van der Waals surface area (Å²) in [4.78, 5) is 24.8. The second-order valence-electron chi connectivity index (χ2n) is 5.35. The Morgan fingerprint density at radius 3 is 2.83 bits per heavy atom. The lowest BCUT2D eigenvalue weighted by Gasteiger charge is -2.06. The summed E-state index contributed by atoms with van der Waals surface area (Å²) in [5.74, 6) is 1.47. The van der Waals surface area contributed by atoms with E-state index in [9.17, 15) is 4.79 Å². The Balaban J connectivity index is 1.93. The van der Waals surface area contributed by atoms with Crippen molar-refractivity contribution in [3.8, 4) is 0 Å². The van der Waals surface area contributed by atoms with Gasteiger partial charge in [0.05, 0.1) is 10.6 Å². The van der Waals surface area contributed by atoms with E-state index in [0.29, 0.717) is 5.75 Å². The van der Waals surface area contributed by atoms with Crippen molar-refractivity contribution in [1.82, 2.24) is 9.97 Å². The van der Waals surface area contributed by atoms with Gasteiger partial charge in [-0.15, -0.1) is 22.7 Å². The number of ketones is 1. The number of nitrogens with zero attached hydrogens (tertiary/aromatic N) is 2. The van der Waals surface area contributed by atoms with Crippen LogP contribution in [0.15, 0.2) is 22.5 Å². The second kappa shape index (κ2) is 7.11. The summed E-state index contributed by atoms with van der Waals surface area (Å²) in [6.07, 6.45) is 1.89. The molecule has 6 heteroatoms. The monoisotopic (exact) mass is 362 g/mol. The SMILES string of the molecule is CCCc1nc(SCC(=O)c2cccs2)c2c(C)c(C)sc2n1. The molecule has 0 N–H and O–H groups in total. The van der Waals surface area contributed by atoms with Crippen molar-refractivity contribution in [2.75, 3.05) is 5.75 Å². The molecule has 0 fully saturated rings. The Kier molecular flexibility index (Phi) is 5.14. The van der Waals surface area contributed by atoms with E-state index in [0.717, 1.165) is 38.8 Å². The van der Waals surface area contributed by atoms with Crippen LogP contribution in [0.3, 0.4) is 0 Å². The molecule has 0 saturated heterocycles. The number of rotatable bonds is 6. The molecule has 0 unspecified atom stereocenters. The standard InChI is InChI=1S/C17H18N2OS3/c1-4-6-14-18-16(15-10(2)11(3)23-17(15)19-14)22-9-12(20)13-7-5-8-21-13/h5,7-8H,4,6,9H2,1-3H3. The molecular weight excluding hydrogens is 344 g/mol. The molecule has 3 rings (SSSR count). The van der Waals surface area contributed by atoms with E-state index >= 15 is 0 Å². The maximum atomic E-state index is 12.3. The molecule has 3 nitrogen and oxygen atoms in total. The van der Waals surface area contributed by atoms with E-state index in [2.05, 4.69) is 20.8 Å². The summed E-state index contributed by atoms with van der Waals surface area (Å²) in [5.41, 5.74) is 1.24. The summed E-state index contributed by atoms with van der Waals surface area (Å²) in [5, 5.41) is 4.01. The fourth-order valence-corrected chi connectivity index (χ4v) is 5.19. The zero-order chi connectivity index (χ0) is 16.4. The van der Waals surface area contributed by atoms with E-state index in [-0.39, 0.29) is 5.78 Å². The van der Waals surface area contributed by atoms with E-state index < -0.39 is 0 Å². The summed E-state index contributed by atoms with van der Waals surface area (Å²) < 4.78 is 0. The lowest BCUT2D eigenvalue weighted by molar-refractivity contribution is 0.102. The maximum Gasteiger partial charge on any atom is 0.183 e. The smallest absolute Gasteiger partial charge is 0.183 e. The number of hydrogen-bond donors (Lipinski definition) is 0. The molecule has 3 heterocycles. The molecule has 3 aromatic rings. The quantitative estimate of drug-likeness (QED) is 0.339. The van der Waals surface area contributed by atoms with Crippen molar-refractivity contribution in [3.05, 3.63) is 38.7 Å². The predicted molar refractivity (Wildman–Crippen MR) is 100 cm³/mol. The summed E-state index contributed by atoms with van der Waals surface area (Å²) in [6.45, 7) is 6.36. The molecule has 0 aliphatic rings. The van der Waals surface area contributed by atoms with Crippen molar-refractivity contribution in [2.24, 2.45) is 0 Å². The van der Waals surface area contributed by atoms with Gasteiger partial charge in [0.2, 0.25) is 0 Å². The Morgan fingerprint density at radius 2 is 2.13 bits per heavy atom. The van der Waals surface area contributed by atoms with Gasteiger partial charge in [0.15, 0.2) is 5.78 Å². The van der Waals surface area contributed by atoms with Gasteiger partial charge in [-0.05, 0) is 37.3 Å². The molecular formula is C17H18N2OS3. The number of thioether (sulfide) groups is 1. The fourth-order valence-electron chi connectivity index (χ4n) is 2.34. The van der Waals surface area contributed by atoms with Gasteiger partial charge in [-0.3, -0.25) is 4.79 Å². The Bertz CT molecular complexity index is 837. The number of hydrogen-bond acceptors (Lipinski definition) is 6. The van der Waals surface area contributed by atoms with Gasteiger partial charge < -0.3 is 0 Å². The molecule has 120 valence electrons. The molecule has 0 atom stereocenters. The van der Waals surface area contributed by atoms with E-state index in [1.165, 1.54) is 33.5 Å². The molecule has 0 radical (unpaired) electrons. The topological polar surface area (TPSA) is 42.9 Å². The van der Waals surface area contributed by atoms with Crippen LogP contribution in [0.2, 0.25) is 0 Å². The Morgan fingerprint density at radius 1 is 1.30 bits per heavy atom. The number of aromatic nitrogens is 2. The highest BCUT2D eigenvalue weighted by Crippen LogP contribution is 2.35. The molecule has 0 spiro atoms. The van der Waals surface area contributed by atoms with Gasteiger partial charge in [-0.2, -0.15) is 0 Å². The zero-order valence-corrected chi connectivity index (χ0v) is 15.8. The van der Waals surface area contributed by atoms with Crippen LogP contribution in [0, 0.1) is 13.8 Å². The molecule has 23 heavy (non-hydrogen) atoms. The van der Waals surface area contributed by atoms with Crippen LogP contribution in [0.25, 0.3) is 10.2 Å². The third-order valence-corrected chi connectivity index (χ3v) is 6.64. The summed E-state index contributed by atoms with van der Waals surface area (Å²) in [6, 6.07) is 3.79. The van der Waals surface area contributed by atoms with E-state index in [1.807, 2.05) is 17.5 Å². The van der Waals surface area contributed by atoms with Crippen molar-refractivity contribution in [3.63, 3.8) is 0 Å². The van der Waals surface area contributed by atoms with Crippen LogP contribution in [0.1, 0.15) is 39.3 Å². The molecule has 0 aliphatic heterocycles. The van der Waals surface area contributed by atoms with Gasteiger partial charge in [-0.1, -0.05) is 24.8 Å². The molecule has 0 bridgehead atoms. The average Bonchev–Trinajstić information content (AvgIpc) is 3.14. The minimum absolute atomic E-state index is 0.165. The van der Waals surface area contributed by atoms with Crippen LogP contribution in [-0.2, 0) is 6.42 Å². The molecule has 0 amide bonds. The van der Waals surface area contributed by atoms with Crippen LogP contribution in [-0.4, -0.2) is 21.5 Å². The second-order valence-corrected chi connectivity index (χ2v) is 8.46. The number of Topliss-reactive ketones (excluding diaryl/α,β-unsaturated/α-hetero) is 1. The highest BCUT2D eigenvalue weighted by atomic mass is 32.2. The third-order valence-electron chi connectivity index (χ3n) is 3.65. The largest absolute Gasteiger partial charge is 0.292 e. The number of carbonyl (C=O) groups is 1. The van der Waals surface area contributed by atoms with Crippen molar-refractivity contribution in [1.29, 1.82) is 0 Å². The van der Waals surface area contributed by atoms with Crippen molar-refractivity contribution < 1.29 is 4.79 Å². The van der Waals surface area contributed by atoms with Gasteiger partial charge in [-0.25, -0.2) is 9.97 Å². The minimum Gasteiger partial charge on any atom is -0.292 e. The Labute approximate surface area is 148 Å². The van der Waals surface area contributed by atoms with E-state index in [1.54, 1.807) is 11.3 Å². The number of carbonyl (C=O) groups excluding carboxylic acids is 1. The van der Waals surface area contributed by atoms with Crippen LogP contribution in [0.5, 0.6) is 0 Å². The first kappa shape index (κ1) is 16.6. The van der Waals surface area contributed by atoms with Crippen molar-refractivity contribution >= 4 is 50.4 Å². The molecule has 0 aliphatic carbocycles. The van der Waals surface area contributed by atoms with Crippen LogP contribution in [0.4, 0.5) is 0 Å². The zero-order valence-electron chi connectivity index (χ0n) is 13.4. The highest BCUT2D eigenvalue weighted by Gasteiger charge is 2.16.